The van der Waals surface area contributed by atoms with Gasteiger partial charge in [-0.1, -0.05) is 33.1 Å². The Morgan fingerprint density at radius 3 is 2.35 bits per heavy atom. The lowest BCUT2D eigenvalue weighted by molar-refractivity contribution is 0.00495. The van der Waals surface area contributed by atoms with Crippen LogP contribution in [0.2, 0.25) is 0 Å². The van der Waals surface area contributed by atoms with Gasteiger partial charge >= 0.3 is 0 Å². The highest BCUT2D eigenvalue weighted by Gasteiger charge is 2.28. The molecule has 1 aliphatic carbocycles. The first-order valence-corrected chi connectivity index (χ1v) is 7.35. The third kappa shape index (κ3) is 5.84. The van der Waals surface area contributed by atoms with Gasteiger partial charge in [0.05, 0.1) is 5.60 Å². The van der Waals surface area contributed by atoms with Crippen molar-refractivity contribution in [2.75, 3.05) is 32.7 Å². The summed E-state index contributed by atoms with van der Waals surface area (Å²) in [5, 5.41) is 13.7. The highest BCUT2D eigenvalue weighted by molar-refractivity contribution is 4.84. The molecule has 102 valence electrons. The topological polar surface area (TPSA) is 35.5 Å². The molecule has 3 nitrogen and oxygen atoms in total. The molecule has 0 aromatic rings. The third-order valence-electron chi connectivity index (χ3n) is 3.96. The Kier molecular flexibility index (Phi) is 7.09. The summed E-state index contributed by atoms with van der Waals surface area (Å²) in [7, 11) is 0. The van der Waals surface area contributed by atoms with Crippen molar-refractivity contribution in [2.45, 2.75) is 58.0 Å². The normalized spacial score (nSPS) is 19.8. The minimum atomic E-state index is -0.409. The van der Waals surface area contributed by atoms with Gasteiger partial charge < -0.3 is 15.3 Å². The van der Waals surface area contributed by atoms with Crippen molar-refractivity contribution in [3.05, 3.63) is 0 Å². The molecule has 0 unspecified atom stereocenters. The Morgan fingerprint density at radius 1 is 1.12 bits per heavy atom. The van der Waals surface area contributed by atoms with Gasteiger partial charge in [-0.05, 0) is 45.4 Å². The molecule has 1 rings (SSSR count). The van der Waals surface area contributed by atoms with Crippen LogP contribution in [0, 0.1) is 0 Å². The van der Waals surface area contributed by atoms with Crippen LogP contribution < -0.4 is 5.32 Å². The summed E-state index contributed by atoms with van der Waals surface area (Å²) in [4.78, 5) is 2.44. The number of nitrogens with one attached hydrogen (secondary N) is 1. The maximum atomic E-state index is 10.3. The average molecular weight is 242 g/mol. The number of nitrogens with zero attached hydrogens (tertiary/aromatic N) is 1. The zero-order chi connectivity index (χ0) is 12.6. The molecule has 0 bridgehead atoms. The molecule has 17 heavy (non-hydrogen) atoms. The molecule has 0 spiro atoms. The number of hydrogen-bond donors (Lipinski definition) is 2. The Bertz CT molecular complexity index is 187. The second-order valence-corrected chi connectivity index (χ2v) is 5.34. The van der Waals surface area contributed by atoms with E-state index in [1.807, 2.05) is 0 Å². The average Bonchev–Trinajstić information content (AvgIpc) is 2.35. The minimum Gasteiger partial charge on any atom is -0.389 e. The van der Waals surface area contributed by atoms with Crippen molar-refractivity contribution in [1.29, 1.82) is 0 Å². The Labute approximate surface area is 107 Å². The Balaban J connectivity index is 2.03. The van der Waals surface area contributed by atoms with Gasteiger partial charge in [0, 0.05) is 6.54 Å². The van der Waals surface area contributed by atoms with Crippen LogP contribution in [0.1, 0.15) is 52.4 Å². The lowest BCUT2D eigenvalue weighted by Gasteiger charge is -2.32. The predicted octanol–water partition coefficient (Wildman–Crippen LogP) is 2.00. The van der Waals surface area contributed by atoms with Gasteiger partial charge in [0.25, 0.3) is 0 Å². The van der Waals surface area contributed by atoms with Crippen LogP contribution in [0.5, 0.6) is 0 Å². The summed E-state index contributed by atoms with van der Waals surface area (Å²) in [5.74, 6) is 0. The van der Waals surface area contributed by atoms with Crippen LogP contribution in [0.25, 0.3) is 0 Å². The van der Waals surface area contributed by atoms with Gasteiger partial charge in [-0.3, -0.25) is 0 Å². The third-order valence-corrected chi connectivity index (χ3v) is 3.96. The molecule has 0 saturated heterocycles. The monoisotopic (exact) mass is 242 g/mol. The molecule has 0 aromatic carbocycles. The first-order chi connectivity index (χ1) is 8.20. The summed E-state index contributed by atoms with van der Waals surface area (Å²) in [6, 6.07) is 0. The Hall–Kier alpha value is -0.120. The second kappa shape index (κ2) is 8.06. The summed E-state index contributed by atoms with van der Waals surface area (Å²) in [6.45, 7) is 9.67. The fourth-order valence-electron chi connectivity index (χ4n) is 2.68. The highest BCUT2D eigenvalue weighted by Crippen LogP contribution is 2.27. The van der Waals surface area contributed by atoms with Gasteiger partial charge in [-0.25, -0.2) is 0 Å². The van der Waals surface area contributed by atoms with Crippen molar-refractivity contribution in [3.8, 4) is 0 Å². The van der Waals surface area contributed by atoms with Crippen molar-refractivity contribution >= 4 is 0 Å². The van der Waals surface area contributed by atoms with E-state index in [2.05, 4.69) is 24.1 Å². The fourth-order valence-corrected chi connectivity index (χ4v) is 2.68. The van der Waals surface area contributed by atoms with Crippen LogP contribution in [-0.2, 0) is 0 Å². The van der Waals surface area contributed by atoms with Crippen LogP contribution in [0.4, 0.5) is 0 Å². The van der Waals surface area contributed by atoms with Gasteiger partial charge in [0.2, 0.25) is 0 Å². The van der Waals surface area contributed by atoms with Crippen molar-refractivity contribution in [1.82, 2.24) is 10.2 Å². The summed E-state index contributed by atoms with van der Waals surface area (Å²) < 4.78 is 0. The fraction of sp³-hybridized carbons (Fsp3) is 1.00. The molecule has 1 aliphatic rings. The van der Waals surface area contributed by atoms with E-state index in [4.69, 9.17) is 0 Å². The number of hydrogen-bond acceptors (Lipinski definition) is 3. The molecule has 0 atom stereocenters. The summed E-state index contributed by atoms with van der Waals surface area (Å²) >= 11 is 0. The molecule has 0 amide bonds. The van der Waals surface area contributed by atoms with E-state index in [0.29, 0.717) is 0 Å². The quantitative estimate of drug-likeness (QED) is 0.639. The minimum absolute atomic E-state index is 0.409. The van der Waals surface area contributed by atoms with Gasteiger partial charge in [-0.2, -0.15) is 0 Å². The van der Waals surface area contributed by atoms with E-state index in [0.717, 1.165) is 39.0 Å². The van der Waals surface area contributed by atoms with E-state index in [9.17, 15) is 5.11 Å². The van der Waals surface area contributed by atoms with Crippen molar-refractivity contribution < 1.29 is 5.11 Å². The van der Waals surface area contributed by atoms with Crippen molar-refractivity contribution in [3.63, 3.8) is 0 Å². The molecular formula is C14H30N2O. The molecule has 2 N–H and O–H groups in total. The molecule has 1 fully saturated rings. The standard InChI is InChI=1S/C14H30N2O/c1-3-16(4-2)12-8-11-15-13-14(17)9-6-5-7-10-14/h15,17H,3-13H2,1-2H3. The summed E-state index contributed by atoms with van der Waals surface area (Å²) in [6.07, 6.45) is 6.82. The smallest absolute Gasteiger partial charge is 0.0771 e. The van der Waals surface area contributed by atoms with E-state index < -0.39 is 5.60 Å². The number of aliphatic hydroxyl groups is 1. The van der Waals surface area contributed by atoms with Gasteiger partial charge in [0.15, 0.2) is 0 Å². The molecule has 1 saturated carbocycles. The largest absolute Gasteiger partial charge is 0.389 e. The van der Waals surface area contributed by atoms with E-state index in [-0.39, 0.29) is 0 Å². The first kappa shape index (κ1) is 14.9. The molecule has 3 heteroatoms. The second-order valence-electron chi connectivity index (χ2n) is 5.34. The van der Waals surface area contributed by atoms with E-state index in [1.54, 1.807) is 0 Å². The first-order valence-electron chi connectivity index (χ1n) is 7.35. The van der Waals surface area contributed by atoms with Gasteiger partial charge in [-0.15, -0.1) is 0 Å². The van der Waals surface area contributed by atoms with Crippen LogP contribution >= 0.6 is 0 Å². The summed E-state index contributed by atoms with van der Waals surface area (Å²) in [5.41, 5.74) is -0.409. The van der Waals surface area contributed by atoms with Crippen LogP contribution in [-0.4, -0.2) is 48.3 Å². The van der Waals surface area contributed by atoms with E-state index >= 15 is 0 Å². The van der Waals surface area contributed by atoms with Crippen LogP contribution in [0.3, 0.4) is 0 Å². The maximum absolute atomic E-state index is 10.3. The molecule has 0 heterocycles. The Morgan fingerprint density at radius 2 is 1.76 bits per heavy atom. The highest BCUT2D eigenvalue weighted by atomic mass is 16.3. The molecule has 0 aromatic heterocycles. The lowest BCUT2D eigenvalue weighted by atomic mass is 9.85. The zero-order valence-corrected chi connectivity index (χ0v) is 11.7. The SMILES string of the molecule is CCN(CC)CCCNCC1(O)CCCCC1. The lowest BCUT2D eigenvalue weighted by Crippen LogP contribution is -2.42. The van der Waals surface area contributed by atoms with Gasteiger partial charge in [0.1, 0.15) is 0 Å². The molecule has 0 radical (unpaired) electrons. The maximum Gasteiger partial charge on any atom is 0.0771 e. The van der Waals surface area contributed by atoms with Crippen molar-refractivity contribution in [2.24, 2.45) is 0 Å². The molecular weight excluding hydrogens is 212 g/mol. The van der Waals surface area contributed by atoms with E-state index in [1.165, 1.54) is 32.2 Å². The zero-order valence-electron chi connectivity index (χ0n) is 11.7. The molecule has 0 aliphatic heterocycles. The predicted molar refractivity (Wildman–Crippen MR) is 73.3 cm³/mol. The number of rotatable bonds is 8. The van der Waals surface area contributed by atoms with Crippen LogP contribution in [0.15, 0.2) is 0 Å².